The highest BCUT2D eigenvalue weighted by atomic mass is 79.9. The summed E-state index contributed by atoms with van der Waals surface area (Å²) in [4.78, 5) is 12.1. The van der Waals surface area contributed by atoms with Crippen molar-refractivity contribution in [2.24, 2.45) is 5.92 Å². The number of carbonyl (C=O) groups excluding carboxylic acids is 1. The molecule has 0 heterocycles. The molecule has 0 unspecified atom stereocenters. The second-order valence-corrected chi connectivity index (χ2v) is 6.78. The molecule has 0 bridgehead atoms. The Morgan fingerprint density at radius 2 is 2.10 bits per heavy atom. The minimum absolute atomic E-state index is 0.204. The molecule has 5 heteroatoms. The van der Waals surface area contributed by atoms with E-state index in [2.05, 4.69) is 28.2 Å². The number of aliphatic hydroxyl groups is 1. The fraction of sp³-hybridized carbons (Fsp3) is 0.533. The number of anilines is 1. The maximum absolute atomic E-state index is 12.1. The Morgan fingerprint density at radius 3 is 2.70 bits per heavy atom. The van der Waals surface area contributed by atoms with E-state index in [1.165, 1.54) is 0 Å². The van der Waals surface area contributed by atoms with E-state index >= 15 is 0 Å². The van der Waals surface area contributed by atoms with Gasteiger partial charge in [0.05, 0.1) is 5.60 Å². The molecule has 1 amide bonds. The lowest BCUT2D eigenvalue weighted by atomic mass is 9.79. The van der Waals surface area contributed by atoms with Gasteiger partial charge in [-0.1, -0.05) is 22.9 Å². The van der Waals surface area contributed by atoms with Gasteiger partial charge in [-0.3, -0.25) is 4.79 Å². The molecular weight excluding hydrogens is 320 g/mol. The predicted molar refractivity (Wildman–Crippen MR) is 83.5 cm³/mol. The lowest BCUT2D eigenvalue weighted by Gasteiger charge is -2.34. The largest absolute Gasteiger partial charge is 0.399 e. The van der Waals surface area contributed by atoms with Gasteiger partial charge in [0.25, 0.3) is 5.91 Å². The number of amides is 1. The molecule has 0 spiro atoms. The van der Waals surface area contributed by atoms with Crippen molar-refractivity contribution in [3.8, 4) is 0 Å². The van der Waals surface area contributed by atoms with Crippen LogP contribution >= 0.6 is 15.9 Å². The molecule has 1 aromatic rings. The summed E-state index contributed by atoms with van der Waals surface area (Å²) >= 11 is 3.32. The van der Waals surface area contributed by atoms with Crippen LogP contribution < -0.4 is 11.1 Å². The molecule has 20 heavy (non-hydrogen) atoms. The lowest BCUT2D eigenvalue weighted by molar-refractivity contribution is -0.00539. The Bertz CT molecular complexity index is 476. The van der Waals surface area contributed by atoms with Gasteiger partial charge in [-0.15, -0.1) is 0 Å². The van der Waals surface area contributed by atoms with Crippen LogP contribution in [-0.2, 0) is 0 Å². The van der Waals surface area contributed by atoms with E-state index in [9.17, 15) is 9.90 Å². The fourth-order valence-corrected chi connectivity index (χ4v) is 3.08. The molecule has 4 N–H and O–H groups in total. The Balaban J connectivity index is 1.95. The number of rotatable bonds is 3. The summed E-state index contributed by atoms with van der Waals surface area (Å²) in [6.45, 7) is 2.49. The van der Waals surface area contributed by atoms with Crippen LogP contribution in [0.25, 0.3) is 0 Å². The third-order valence-corrected chi connectivity index (χ3v) is 4.42. The molecule has 4 nitrogen and oxygen atoms in total. The van der Waals surface area contributed by atoms with Gasteiger partial charge in [0.15, 0.2) is 0 Å². The quantitative estimate of drug-likeness (QED) is 0.740. The van der Waals surface area contributed by atoms with Crippen molar-refractivity contribution in [2.45, 2.75) is 38.2 Å². The van der Waals surface area contributed by atoms with E-state index in [1.54, 1.807) is 18.2 Å². The Morgan fingerprint density at radius 1 is 1.45 bits per heavy atom. The highest BCUT2D eigenvalue weighted by molar-refractivity contribution is 9.10. The summed E-state index contributed by atoms with van der Waals surface area (Å²) in [5.41, 5.74) is 5.99. The van der Waals surface area contributed by atoms with Gasteiger partial charge >= 0.3 is 0 Å². The van der Waals surface area contributed by atoms with Gasteiger partial charge in [-0.2, -0.15) is 0 Å². The maximum Gasteiger partial charge on any atom is 0.251 e. The van der Waals surface area contributed by atoms with Crippen LogP contribution in [0.15, 0.2) is 22.7 Å². The zero-order chi connectivity index (χ0) is 14.8. The molecule has 1 aliphatic carbocycles. The van der Waals surface area contributed by atoms with Crippen molar-refractivity contribution in [1.82, 2.24) is 5.32 Å². The number of hydrogen-bond donors (Lipinski definition) is 3. The van der Waals surface area contributed by atoms with Crippen LogP contribution in [0, 0.1) is 5.92 Å². The van der Waals surface area contributed by atoms with Crippen LogP contribution in [0.1, 0.15) is 43.0 Å². The van der Waals surface area contributed by atoms with Gasteiger partial charge in [-0.05, 0) is 49.8 Å². The second-order valence-electron chi connectivity index (χ2n) is 5.86. The first-order valence-electron chi connectivity index (χ1n) is 6.95. The Labute approximate surface area is 127 Å². The zero-order valence-electron chi connectivity index (χ0n) is 11.7. The predicted octanol–water partition coefficient (Wildman–Crippen LogP) is 2.70. The molecule has 1 aliphatic rings. The second kappa shape index (κ2) is 6.14. The molecule has 1 saturated carbocycles. The highest BCUT2D eigenvalue weighted by Gasteiger charge is 2.32. The van der Waals surface area contributed by atoms with Crippen LogP contribution in [0.2, 0.25) is 0 Å². The van der Waals surface area contributed by atoms with Crippen molar-refractivity contribution in [3.63, 3.8) is 0 Å². The van der Waals surface area contributed by atoms with Crippen molar-refractivity contribution in [1.29, 1.82) is 0 Å². The molecular formula is C15H21BrN2O2. The van der Waals surface area contributed by atoms with Gasteiger partial charge in [0.1, 0.15) is 0 Å². The van der Waals surface area contributed by atoms with Crippen LogP contribution in [-0.4, -0.2) is 23.2 Å². The van der Waals surface area contributed by atoms with Crippen LogP contribution in [0.5, 0.6) is 0 Å². The first kappa shape index (κ1) is 15.3. The standard InChI is InChI=1S/C15H21BrN2O2/c1-10-2-4-15(20,5-3-10)9-18-14(19)11-6-12(16)8-13(17)7-11/h6-8,10,20H,2-5,9,17H2,1H3,(H,18,19). The first-order chi connectivity index (χ1) is 9.38. The minimum atomic E-state index is -0.764. The average molecular weight is 341 g/mol. The molecule has 0 aliphatic heterocycles. The van der Waals surface area contributed by atoms with E-state index in [0.29, 0.717) is 23.7 Å². The molecule has 2 rings (SSSR count). The molecule has 0 atom stereocenters. The topological polar surface area (TPSA) is 75.3 Å². The number of carbonyl (C=O) groups is 1. The molecule has 1 aromatic carbocycles. The summed E-state index contributed by atoms with van der Waals surface area (Å²) in [6, 6.07) is 5.10. The summed E-state index contributed by atoms with van der Waals surface area (Å²) in [5, 5.41) is 13.3. The Kier molecular flexibility index (Phi) is 4.70. The van der Waals surface area contributed by atoms with E-state index < -0.39 is 5.60 Å². The number of benzene rings is 1. The van der Waals surface area contributed by atoms with Crippen LogP contribution in [0.3, 0.4) is 0 Å². The van der Waals surface area contributed by atoms with E-state index in [0.717, 1.165) is 30.2 Å². The van der Waals surface area contributed by atoms with E-state index in [-0.39, 0.29) is 5.91 Å². The summed E-state index contributed by atoms with van der Waals surface area (Å²) in [7, 11) is 0. The zero-order valence-corrected chi connectivity index (χ0v) is 13.2. The third-order valence-electron chi connectivity index (χ3n) is 3.97. The average Bonchev–Trinajstić information content (AvgIpc) is 2.39. The van der Waals surface area contributed by atoms with Gasteiger partial charge in [-0.25, -0.2) is 0 Å². The summed E-state index contributed by atoms with van der Waals surface area (Å²) < 4.78 is 0.771. The molecule has 0 saturated heterocycles. The first-order valence-corrected chi connectivity index (χ1v) is 7.74. The van der Waals surface area contributed by atoms with Crippen molar-refractivity contribution >= 4 is 27.5 Å². The highest BCUT2D eigenvalue weighted by Crippen LogP contribution is 2.31. The number of hydrogen-bond acceptors (Lipinski definition) is 3. The van der Waals surface area contributed by atoms with Crippen LogP contribution in [0.4, 0.5) is 5.69 Å². The summed E-state index contributed by atoms with van der Waals surface area (Å²) in [6.07, 6.45) is 3.51. The van der Waals surface area contributed by atoms with Gasteiger partial charge in [0.2, 0.25) is 0 Å². The maximum atomic E-state index is 12.1. The van der Waals surface area contributed by atoms with E-state index in [4.69, 9.17) is 5.73 Å². The van der Waals surface area contributed by atoms with Crippen molar-refractivity contribution in [2.75, 3.05) is 12.3 Å². The monoisotopic (exact) mass is 340 g/mol. The molecule has 110 valence electrons. The van der Waals surface area contributed by atoms with Crippen molar-refractivity contribution < 1.29 is 9.90 Å². The SMILES string of the molecule is CC1CCC(O)(CNC(=O)c2cc(N)cc(Br)c2)CC1. The number of nitrogens with two attached hydrogens (primary N) is 1. The number of nitrogen functional groups attached to an aromatic ring is 1. The third kappa shape index (κ3) is 3.96. The smallest absolute Gasteiger partial charge is 0.251 e. The number of nitrogens with one attached hydrogen (secondary N) is 1. The Hall–Kier alpha value is -1.07. The number of halogens is 1. The normalized spacial score (nSPS) is 26.2. The fourth-order valence-electron chi connectivity index (χ4n) is 2.57. The van der Waals surface area contributed by atoms with Gasteiger partial charge in [0, 0.05) is 22.3 Å². The molecule has 0 radical (unpaired) electrons. The van der Waals surface area contributed by atoms with E-state index in [1.807, 2.05) is 0 Å². The summed E-state index contributed by atoms with van der Waals surface area (Å²) in [5.74, 6) is 0.459. The molecule has 0 aromatic heterocycles. The molecule has 1 fully saturated rings. The lowest BCUT2D eigenvalue weighted by Crippen LogP contribution is -2.45. The van der Waals surface area contributed by atoms with Crippen molar-refractivity contribution in [3.05, 3.63) is 28.2 Å². The minimum Gasteiger partial charge on any atom is -0.399 e. The van der Waals surface area contributed by atoms with Gasteiger partial charge < -0.3 is 16.2 Å².